The number of aliphatic hydroxyl groups is 4. The molecular formula is C96H101N25O10S4. The Morgan fingerprint density at radius 2 is 0.807 bits per heavy atom. The average molecular weight is 1890 g/mol. The van der Waals surface area contributed by atoms with E-state index in [0.717, 1.165) is 166 Å². The molecule has 1 saturated heterocycles. The SMILES string of the molecule is CCCNC(=O)Nc1nc2cc(-c3cnc(C(C)(C)O)cn3)cc(-c3ccccn3)c2s1.CCNC(=O)Nc1nc2cc(-c3cnc(C(C)(C)O)cn3)cc(-c3ccc(OCCN4CCOCC4)cn3)c2s1.CCNC(=O)Nc1nc2cc(-c3cnc(C(O)C4CC4)nc3)cc(-c3ccccn3)c2s1.CCNC(=O)Nc1nc2cc(-c3cnc(C(O)CC)nc3)cc(-c3ccccn3)c2s1. The molecule has 12 N–H and O–H groups in total. The zero-order valence-electron chi connectivity index (χ0n) is 75.5. The maximum atomic E-state index is 12.1. The number of ether oxygens (including phenoxy) is 2. The van der Waals surface area contributed by atoms with Crippen molar-refractivity contribution in [1.29, 1.82) is 0 Å². The Balaban J connectivity index is 0.000000138. The molecule has 1 saturated carbocycles. The van der Waals surface area contributed by atoms with E-state index in [1.54, 1.807) is 102 Å². The van der Waals surface area contributed by atoms with Crippen LogP contribution in [0.5, 0.6) is 5.75 Å². The van der Waals surface area contributed by atoms with Crippen LogP contribution in [0.25, 0.3) is 131 Å². The molecule has 18 rings (SSSR count). The molecule has 2 fully saturated rings. The number of anilines is 4. The van der Waals surface area contributed by atoms with Crippen molar-refractivity contribution in [3.8, 4) is 95.5 Å². The molecule has 0 bridgehead atoms. The van der Waals surface area contributed by atoms with Gasteiger partial charge >= 0.3 is 24.1 Å². The van der Waals surface area contributed by atoms with E-state index < -0.39 is 23.4 Å². The quantitative estimate of drug-likeness (QED) is 0.0227. The van der Waals surface area contributed by atoms with Crippen LogP contribution in [0.2, 0.25) is 0 Å². The highest BCUT2D eigenvalue weighted by Gasteiger charge is 2.33. The van der Waals surface area contributed by atoms with Crippen LogP contribution in [0.4, 0.5) is 39.7 Å². The molecular weight excluding hydrogens is 1790 g/mol. The molecule has 12 aromatic heterocycles. The maximum Gasteiger partial charge on any atom is 0.321 e. The van der Waals surface area contributed by atoms with Crippen molar-refractivity contribution in [2.45, 2.75) is 111 Å². The van der Waals surface area contributed by atoms with Gasteiger partial charge in [0.15, 0.2) is 32.2 Å². The van der Waals surface area contributed by atoms with Gasteiger partial charge in [-0.2, -0.15) is 0 Å². The van der Waals surface area contributed by atoms with Crippen molar-refractivity contribution in [2.24, 2.45) is 5.92 Å². The van der Waals surface area contributed by atoms with Crippen molar-refractivity contribution in [1.82, 2.24) is 106 Å². The number of pyridine rings is 4. The lowest BCUT2D eigenvalue weighted by molar-refractivity contribution is 0.0322. The van der Waals surface area contributed by atoms with Crippen molar-refractivity contribution in [3.05, 3.63) is 213 Å². The minimum absolute atomic E-state index is 0.277. The summed E-state index contributed by atoms with van der Waals surface area (Å²) in [6.45, 7) is 23.1. The lowest BCUT2D eigenvalue weighted by atomic mass is 10.0. The number of amides is 8. The normalized spacial score (nSPS) is 13.1. The molecule has 1 aliphatic carbocycles. The van der Waals surface area contributed by atoms with Crippen LogP contribution in [0.3, 0.4) is 0 Å². The van der Waals surface area contributed by atoms with Crippen molar-refractivity contribution < 1.29 is 49.1 Å². The topological polar surface area (TPSA) is 473 Å². The summed E-state index contributed by atoms with van der Waals surface area (Å²) < 4.78 is 15.0. The highest BCUT2D eigenvalue weighted by Crippen LogP contribution is 2.45. The first-order valence-corrected chi connectivity index (χ1v) is 47.3. The second-order valence-corrected chi connectivity index (χ2v) is 36.3. The van der Waals surface area contributed by atoms with E-state index in [1.807, 2.05) is 150 Å². The van der Waals surface area contributed by atoms with Crippen LogP contribution in [-0.2, 0) is 15.9 Å². The van der Waals surface area contributed by atoms with Gasteiger partial charge in [-0.05, 0) is 188 Å². The number of benzene rings is 4. The van der Waals surface area contributed by atoms with Gasteiger partial charge in [-0.1, -0.05) is 77.4 Å². The number of aliphatic hydroxyl groups excluding tert-OH is 2. The lowest BCUT2D eigenvalue weighted by Crippen LogP contribution is -2.38. The fourth-order valence-electron chi connectivity index (χ4n) is 14.0. The number of thiazole rings is 4. The smallest absolute Gasteiger partial charge is 0.321 e. The highest BCUT2D eigenvalue weighted by atomic mass is 32.1. The summed E-state index contributed by atoms with van der Waals surface area (Å²) in [5.41, 5.74) is 14.7. The molecule has 8 amide bonds. The fourth-order valence-corrected chi connectivity index (χ4v) is 17.9. The van der Waals surface area contributed by atoms with E-state index in [0.29, 0.717) is 105 Å². The van der Waals surface area contributed by atoms with Gasteiger partial charge in [-0.25, -0.2) is 59.0 Å². The van der Waals surface area contributed by atoms with Crippen LogP contribution < -0.4 is 47.3 Å². The molecule has 13 heterocycles. The summed E-state index contributed by atoms with van der Waals surface area (Å²) in [6, 6.07) is 35.6. The number of aromatic nitrogens is 16. The van der Waals surface area contributed by atoms with Gasteiger partial charge < -0.3 is 51.2 Å². The standard InChI is InChI=1S/C28H33N7O4S.C23H22N6O2S.C23H24N6O2S.C22H22N6O2S/c1-4-29-26(36)34-27-33-22-14-18(23-16-32-24(17-31-23)28(2,3)37)13-20(25(22)40-27)21-6-5-19(15-30-21)39-12-9-35-7-10-38-11-8-35;1-2-24-22(31)29-23-28-18-10-14(9-16(20(18)32-23)17-5-3-4-8-25-17)15-11-26-21(27-12-15)19(30)13-6-7-13;1-4-8-25-21(30)29-22-28-17-11-14(18-12-27-19(13-26-18)23(2,3)31)10-15(20(17)32-22)16-7-5-6-9-24-16;1-3-18(29)20-25-11-14(12-26-20)13-9-15(16-7-5-6-8-24-16)19-17(10-13)27-22(31-19)28-21(30)23-4-2/h5-6,13-17,37H,4,7-12H2,1-3H3,(H2,29,33,34,36);3-5,8-13,19,30H,2,6-7H2,1H3,(H2,24,28,29,31);5-7,9-13,31H,4,8H2,1-3H3,(H2,25,28,29,30);5-12,18,29H,3-4H2,1-2H3,(H2,23,27,28,30). The second kappa shape index (κ2) is 44.2. The Labute approximate surface area is 793 Å². The van der Waals surface area contributed by atoms with Crippen LogP contribution >= 0.6 is 45.3 Å². The fraction of sp³-hybridized carbons (Fsp3) is 0.292. The largest absolute Gasteiger partial charge is 0.491 e. The van der Waals surface area contributed by atoms with Gasteiger partial charge in [0.25, 0.3) is 0 Å². The van der Waals surface area contributed by atoms with Gasteiger partial charge in [0, 0.05) is 134 Å². The molecule has 4 aromatic carbocycles. The van der Waals surface area contributed by atoms with E-state index in [4.69, 9.17) is 14.5 Å². The Kier molecular flexibility index (Phi) is 31.3. The molecule has 16 aromatic rings. The van der Waals surface area contributed by atoms with Gasteiger partial charge in [0.1, 0.15) is 35.8 Å². The Morgan fingerprint density at radius 1 is 0.430 bits per heavy atom. The first-order chi connectivity index (χ1) is 65.3. The number of nitrogens with zero attached hydrogens (tertiary/aromatic N) is 17. The monoisotopic (exact) mass is 1890 g/mol. The summed E-state index contributed by atoms with van der Waals surface area (Å²) in [6.07, 6.45) is 22.4. The first-order valence-electron chi connectivity index (χ1n) is 44.1. The van der Waals surface area contributed by atoms with Gasteiger partial charge in [0.2, 0.25) is 0 Å². The number of nitrogens with one attached hydrogen (secondary N) is 8. The molecule has 2 atom stereocenters. The third-order valence-corrected chi connectivity index (χ3v) is 25.3. The lowest BCUT2D eigenvalue weighted by Gasteiger charge is -2.26. The average Bonchev–Trinajstić information content (AvgIpc) is 1.66. The molecule has 0 radical (unpaired) electrons. The Hall–Kier alpha value is -14.0. The van der Waals surface area contributed by atoms with Crippen molar-refractivity contribution in [3.63, 3.8) is 0 Å². The van der Waals surface area contributed by atoms with Gasteiger partial charge in [-0.3, -0.25) is 66.0 Å². The minimum atomic E-state index is -1.09. The van der Waals surface area contributed by atoms with Crippen molar-refractivity contribution >= 4 is 131 Å². The number of hydrogen-bond donors (Lipinski definition) is 12. The van der Waals surface area contributed by atoms with E-state index >= 15 is 0 Å². The van der Waals surface area contributed by atoms with E-state index in [2.05, 4.69) is 122 Å². The molecule has 1 aliphatic heterocycles. The Morgan fingerprint density at radius 3 is 1.15 bits per heavy atom. The molecule has 2 unspecified atom stereocenters. The Bertz CT molecular complexity index is 6750. The van der Waals surface area contributed by atoms with E-state index in [-0.39, 0.29) is 30.0 Å². The zero-order chi connectivity index (χ0) is 94.7. The second-order valence-electron chi connectivity index (χ2n) is 32.3. The number of urea groups is 4. The summed E-state index contributed by atoms with van der Waals surface area (Å²) >= 11 is 5.58. The third kappa shape index (κ3) is 24.7. The predicted molar refractivity (Wildman–Crippen MR) is 527 cm³/mol. The molecule has 2 aliphatic rings. The van der Waals surface area contributed by atoms with Crippen molar-refractivity contribution in [2.75, 3.05) is 86.9 Å². The van der Waals surface area contributed by atoms with Crippen LogP contribution in [0.15, 0.2) is 190 Å². The number of hydrogen-bond acceptors (Lipinski definition) is 31. The third-order valence-electron chi connectivity index (χ3n) is 21.2. The number of rotatable bonds is 27. The van der Waals surface area contributed by atoms with Gasteiger partial charge in [0.05, 0.1) is 131 Å². The summed E-state index contributed by atoms with van der Waals surface area (Å²) in [4.78, 5) is 122. The van der Waals surface area contributed by atoms with E-state index in [1.165, 1.54) is 45.3 Å². The first kappa shape index (κ1) is 95.6. The number of morpholine rings is 1. The summed E-state index contributed by atoms with van der Waals surface area (Å²) in [5.74, 6) is 1.84. The molecule has 694 valence electrons. The molecule has 35 nitrogen and oxygen atoms in total. The van der Waals surface area contributed by atoms with Crippen LogP contribution in [0, 0.1) is 5.92 Å². The maximum absolute atomic E-state index is 12.1. The summed E-state index contributed by atoms with van der Waals surface area (Å²) in [5, 5.41) is 64.8. The molecule has 135 heavy (non-hydrogen) atoms. The molecule has 0 spiro atoms. The zero-order valence-corrected chi connectivity index (χ0v) is 78.8. The van der Waals surface area contributed by atoms with E-state index in [9.17, 15) is 39.6 Å². The minimum Gasteiger partial charge on any atom is -0.491 e. The number of carbonyl (C=O) groups is 4. The predicted octanol–water partition coefficient (Wildman–Crippen LogP) is 17.3. The number of fused-ring (bicyclic) bond motifs is 4. The van der Waals surface area contributed by atoms with Crippen LogP contribution in [-0.4, -0.2) is 195 Å². The number of carbonyl (C=O) groups excluding carboxylic acids is 4. The summed E-state index contributed by atoms with van der Waals surface area (Å²) in [7, 11) is 0. The molecule has 39 heteroatoms. The highest BCUT2D eigenvalue weighted by molar-refractivity contribution is 7.24. The van der Waals surface area contributed by atoms with Gasteiger partial charge in [-0.15, -0.1) is 0 Å². The van der Waals surface area contributed by atoms with Crippen LogP contribution in [0.1, 0.15) is 123 Å².